The van der Waals surface area contributed by atoms with Crippen molar-refractivity contribution in [2.45, 2.75) is 31.7 Å². The van der Waals surface area contributed by atoms with Crippen LogP contribution in [0.4, 0.5) is 36.8 Å². The molecule has 1 aromatic rings. The Balaban J connectivity index is 2.87. The Morgan fingerprint density at radius 1 is 1.00 bits per heavy atom. The molecule has 2 amide bonds. The predicted octanol–water partition coefficient (Wildman–Crippen LogP) is 3.87. The average Bonchev–Trinajstić information content (AvgIpc) is 2.45. The van der Waals surface area contributed by atoms with Crippen molar-refractivity contribution < 1.29 is 40.7 Å². The number of anilines is 1. The van der Waals surface area contributed by atoms with Gasteiger partial charge in [-0.25, -0.2) is 9.59 Å². The second-order valence-corrected chi connectivity index (χ2v) is 5.00. The molecule has 2 N–H and O–H groups in total. The summed E-state index contributed by atoms with van der Waals surface area (Å²) in [6.45, 7) is 1.52. The third-order valence-electron chi connectivity index (χ3n) is 3.15. The fourth-order valence-corrected chi connectivity index (χ4v) is 1.60. The average molecular weight is 372 g/mol. The Hall–Kier alpha value is -2.46. The molecule has 0 aliphatic carbocycles. The van der Waals surface area contributed by atoms with Crippen molar-refractivity contribution in [1.29, 1.82) is 0 Å². The highest BCUT2D eigenvalue weighted by Gasteiger charge is 2.68. The molecular formula is C14H14F6N2O3. The number of hydrogen-bond donors (Lipinski definition) is 2. The summed E-state index contributed by atoms with van der Waals surface area (Å²) in [5, 5.41) is 2.73. The molecule has 140 valence electrons. The Morgan fingerprint density at radius 2 is 1.48 bits per heavy atom. The van der Waals surface area contributed by atoms with Gasteiger partial charge >= 0.3 is 24.4 Å². The van der Waals surface area contributed by atoms with E-state index in [0.717, 1.165) is 17.4 Å². The van der Waals surface area contributed by atoms with Gasteiger partial charge in [-0.1, -0.05) is 0 Å². The van der Waals surface area contributed by atoms with Crippen LogP contribution in [0.5, 0.6) is 0 Å². The number of carbonyl (C=O) groups excluding carboxylic acids is 2. The van der Waals surface area contributed by atoms with Crippen LogP contribution < -0.4 is 10.6 Å². The third-order valence-corrected chi connectivity index (χ3v) is 3.15. The second kappa shape index (κ2) is 7.19. The summed E-state index contributed by atoms with van der Waals surface area (Å²) in [6.07, 6.45) is -11.5. The highest BCUT2D eigenvalue weighted by Crippen LogP contribution is 2.42. The van der Waals surface area contributed by atoms with E-state index >= 15 is 0 Å². The molecule has 11 heteroatoms. The van der Waals surface area contributed by atoms with Crippen molar-refractivity contribution in [1.82, 2.24) is 5.32 Å². The minimum absolute atomic E-state index is 0.100. The van der Waals surface area contributed by atoms with Crippen LogP contribution in [0.25, 0.3) is 0 Å². The van der Waals surface area contributed by atoms with Crippen LogP contribution in [0.1, 0.15) is 24.2 Å². The first kappa shape index (κ1) is 20.6. The smallest absolute Gasteiger partial charge is 0.420 e. The van der Waals surface area contributed by atoms with E-state index in [-0.39, 0.29) is 24.8 Å². The van der Waals surface area contributed by atoms with Gasteiger partial charge in [0, 0.05) is 5.69 Å². The molecule has 0 aliphatic heterocycles. The van der Waals surface area contributed by atoms with Crippen molar-refractivity contribution in [3.63, 3.8) is 0 Å². The first-order valence-electron chi connectivity index (χ1n) is 6.81. The number of nitrogens with one attached hydrogen (secondary N) is 2. The summed E-state index contributed by atoms with van der Waals surface area (Å²) in [5.74, 6) is -0.666. The van der Waals surface area contributed by atoms with Crippen LogP contribution in [0.3, 0.4) is 0 Å². The zero-order valence-electron chi connectivity index (χ0n) is 13.0. The third kappa shape index (κ3) is 4.77. The summed E-state index contributed by atoms with van der Waals surface area (Å²) in [7, 11) is 0. The number of carbonyl (C=O) groups is 2. The summed E-state index contributed by atoms with van der Waals surface area (Å²) >= 11 is 0. The quantitative estimate of drug-likeness (QED) is 0.623. The Bertz CT molecular complexity index is 611. The molecule has 0 bridgehead atoms. The van der Waals surface area contributed by atoms with Crippen LogP contribution in [0.2, 0.25) is 0 Å². The maximum atomic E-state index is 12.7. The van der Waals surface area contributed by atoms with E-state index in [9.17, 15) is 35.9 Å². The Labute approximate surface area is 138 Å². The molecular weight excluding hydrogens is 358 g/mol. The lowest BCUT2D eigenvalue weighted by atomic mass is 10.0. The van der Waals surface area contributed by atoms with Gasteiger partial charge in [-0.05, 0) is 38.1 Å². The molecule has 0 saturated carbocycles. The van der Waals surface area contributed by atoms with E-state index in [0.29, 0.717) is 0 Å². The van der Waals surface area contributed by atoms with E-state index in [1.807, 2.05) is 5.32 Å². The normalized spacial score (nSPS) is 12.5. The lowest BCUT2D eigenvalue weighted by molar-refractivity contribution is -0.297. The highest BCUT2D eigenvalue weighted by molar-refractivity contribution is 5.92. The van der Waals surface area contributed by atoms with Crippen LogP contribution in [0, 0.1) is 0 Å². The summed E-state index contributed by atoms with van der Waals surface area (Å²) in [6, 6.07) is 2.94. The lowest BCUT2D eigenvalue weighted by Crippen LogP contribution is -2.66. The summed E-state index contributed by atoms with van der Waals surface area (Å²) in [5.41, 5.74) is -4.44. The molecule has 0 fully saturated rings. The van der Waals surface area contributed by atoms with Crippen molar-refractivity contribution in [3.8, 4) is 0 Å². The number of urea groups is 1. The zero-order chi connectivity index (χ0) is 19.5. The number of esters is 1. The number of benzene rings is 1. The first-order valence-corrected chi connectivity index (χ1v) is 6.81. The van der Waals surface area contributed by atoms with Crippen LogP contribution in [0.15, 0.2) is 24.3 Å². The molecule has 0 aliphatic rings. The van der Waals surface area contributed by atoms with Gasteiger partial charge in [0.25, 0.3) is 0 Å². The van der Waals surface area contributed by atoms with Crippen LogP contribution in [-0.4, -0.2) is 36.5 Å². The second-order valence-electron chi connectivity index (χ2n) is 5.00. The number of amides is 2. The molecule has 1 aromatic carbocycles. The van der Waals surface area contributed by atoms with Crippen molar-refractivity contribution in [2.24, 2.45) is 0 Å². The first-order chi connectivity index (χ1) is 11.3. The van der Waals surface area contributed by atoms with Crippen molar-refractivity contribution in [3.05, 3.63) is 29.8 Å². The molecule has 0 radical (unpaired) electrons. The maximum absolute atomic E-state index is 12.7. The number of hydrogen-bond acceptors (Lipinski definition) is 3. The summed E-state index contributed by atoms with van der Waals surface area (Å²) < 4.78 is 80.9. The van der Waals surface area contributed by atoms with E-state index in [1.165, 1.54) is 12.1 Å². The zero-order valence-corrected chi connectivity index (χ0v) is 13.0. The Morgan fingerprint density at radius 3 is 1.88 bits per heavy atom. The molecule has 0 saturated heterocycles. The van der Waals surface area contributed by atoms with Gasteiger partial charge in [0.1, 0.15) is 0 Å². The lowest BCUT2D eigenvalue weighted by Gasteiger charge is -2.34. The minimum Gasteiger partial charge on any atom is -0.462 e. The molecule has 0 spiro atoms. The number of rotatable bonds is 4. The molecule has 0 heterocycles. The molecule has 0 atom stereocenters. The molecule has 0 unspecified atom stereocenters. The van der Waals surface area contributed by atoms with E-state index in [4.69, 9.17) is 4.74 Å². The summed E-state index contributed by atoms with van der Waals surface area (Å²) in [4.78, 5) is 22.9. The highest BCUT2D eigenvalue weighted by atomic mass is 19.4. The van der Waals surface area contributed by atoms with Crippen molar-refractivity contribution >= 4 is 17.7 Å². The van der Waals surface area contributed by atoms with Crippen LogP contribution in [-0.2, 0) is 4.74 Å². The number of ether oxygens (including phenoxy) is 1. The van der Waals surface area contributed by atoms with Gasteiger partial charge < -0.3 is 15.4 Å². The fourth-order valence-electron chi connectivity index (χ4n) is 1.60. The largest absolute Gasteiger partial charge is 0.462 e. The van der Waals surface area contributed by atoms with Crippen molar-refractivity contribution in [2.75, 3.05) is 11.9 Å². The van der Waals surface area contributed by atoms with Crippen LogP contribution >= 0.6 is 0 Å². The number of alkyl halides is 6. The van der Waals surface area contributed by atoms with E-state index in [1.54, 1.807) is 6.92 Å². The van der Waals surface area contributed by atoms with Gasteiger partial charge in [0.15, 0.2) is 0 Å². The molecule has 25 heavy (non-hydrogen) atoms. The number of halogens is 6. The maximum Gasteiger partial charge on any atom is 0.420 e. The molecule has 1 rings (SSSR count). The monoisotopic (exact) mass is 372 g/mol. The van der Waals surface area contributed by atoms with E-state index < -0.39 is 29.9 Å². The SMILES string of the molecule is CCOC(=O)c1ccc(NC(=O)NC(C)(C(F)(F)F)C(F)(F)F)cc1. The topological polar surface area (TPSA) is 67.4 Å². The van der Waals surface area contributed by atoms with Gasteiger partial charge in [-0.3, -0.25) is 0 Å². The van der Waals surface area contributed by atoms with Gasteiger partial charge in [0.2, 0.25) is 5.54 Å². The fraction of sp³-hybridized carbons (Fsp3) is 0.429. The van der Waals surface area contributed by atoms with Gasteiger partial charge in [-0.2, -0.15) is 26.3 Å². The standard InChI is InChI=1S/C14H14F6N2O3/c1-3-25-10(23)8-4-6-9(7-5-8)21-11(24)22-12(2,13(15,16)17)14(18,19)20/h4-7H,3H2,1-2H3,(H2,21,22,24). The van der Waals surface area contributed by atoms with E-state index in [2.05, 4.69) is 0 Å². The predicted molar refractivity (Wildman–Crippen MR) is 75.1 cm³/mol. The Kier molecular flexibility index (Phi) is 5.92. The van der Waals surface area contributed by atoms with Gasteiger partial charge in [0.05, 0.1) is 12.2 Å². The molecule has 5 nitrogen and oxygen atoms in total. The van der Waals surface area contributed by atoms with Gasteiger partial charge in [-0.15, -0.1) is 0 Å². The minimum atomic E-state index is -5.75. The molecule has 0 aromatic heterocycles.